The number of nitrogens with one attached hydrogen (secondary N) is 1. The average Bonchev–Trinajstić information content (AvgIpc) is 2.84. The van der Waals surface area contributed by atoms with Crippen molar-refractivity contribution in [2.75, 3.05) is 13.1 Å². The highest BCUT2D eigenvalue weighted by atomic mass is 19.3. The molecule has 1 fully saturated rings. The molecule has 0 unspecified atom stereocenters. The molecule has 1 aromatic heterocycles. The zero-order valence-corrected chi connectivity index (χ0v) is 13.6. The van der Waals surface area contributed by atoms with E-state index in [9.17, 15) is 18.0 Å². The van der Waals surface area contributed by atoms with Gasteiger partial charge in [-0.3, -0.25) is 9.89 Å². The maximum absolute atomic E-state index is 13.1. The number of carbonyl (C=O) groups excluding carboxylic acids is 1. The van der Waals surface area contributed by atoms with Crippen LogP contribution in [0.4, 0.5) is 13.2 Å². The molecule has 25 heavy (non-hydrogen) atoms. The smallest absolute Gasteiger partial charge is 0.249 e. The molecule has 2 aromatic rings. The molecule has 2 heterocycles. The van der Waals surface area contributed by atoms with Crippen LogP contribution in [0.3, 0.4) is 0 Å². The highest BCUT2D eigenvalue weighted by Gasteiger charge is 2.49. The van der Waals surface area contributed by atoms with Crippen molar-refractivity contribution in [2.24, 2.45) is 5.92 Å². The van der Waals surface area contributed by atoms with E-state index in [0.717, 1.165) is 22.5 Å². The maximum Gasteiger partial charge on any atom is 0.249 e. The van der Waals surface area contributed by atoms with Gasteiger partial charge in [-0.25, -0.2) is 13.2 Å². The summed E-state index contributed by atoms with van der Waals surface area (Å²) in [6, 6.07) is 6.13. The zero-order valence-electron chi connectivity index (χ0n) is 13.6. The highest BCUT2D eigenvalue weighted by molar-refractivity contribution is 5.80. The third-order valence-corrected chi connectivity index (χ3v) is 5.08. The Morgan fingerprint density at radius 2 is 1.84 bits per heavy atom. The first-order valence-electron chi connectivity index (χ1n) is 8.42. The molecule has 1 aliphatic heterocycles. The Morgan fingerprint density at radius 1 is 1.16 bits per heavy atom. The van der Waals surface area contributed by atoms with Gasteiger partial charge >= 0.3 is 0 Å². The van der Waals surface area contributed by atoms with Gasteiger partial charge in [0, 0.05) is 55.1 Å². The van der Waals surface area contributed by atoms with Gasteiger partial charge in [0.1, 0.15) is 5.82 Å². The first kappa shape index (κ1) is 16.2. The Balaban J connectivity index is 1.49. The van der Waals surface area contributed by atoms with Gasteiger partial charge in [0.15, 0.2) is 0 Å². The van der Waals surface area contributed by atoms with Crippen molar-refractivity contribution in [2.45, 2.75) is 31.6 Å². The summed E-state index contributed by atoms with van der Waals surface area (Å²) in [7, 11) is 0. The average molecular weight is 349 g/mol. The van der Waals surface area contributed by atoms with Crippen LogP contribution >= 0.6 is 0 Å². The number of halogens is 3. The number of nitrogens with zero attached hydrogens (tertiary/aromatic N) is 2. The summed E-state index contributed by atoms with van der Waals surface area (Å²) in [5.41, 5.74) is 3.55. The quantitative estimate of drug-likeness (QED) is 0.905. The zero-order chi connectivity index (χ0) is 17.6. The SMILES string of the molecule is O=C(C1CC(F)(F)C1)N1CCc2[nH]nc(-c3ccc(F)cc3)c2CC1. The van der Waals surface area contributed by atoms with E-state index in [1.807, 2.05) is 0 Å². The number of amides is 1. The molecule has 7 heteroatoms. The predicted molar refractivity (Wildman–Crippen MR) is 85.6 cm³/mol. The second-order valence-electron chi connectivity index (χ2n) is 6.82. The van der Waals surface area contributed by atoms with Gasteiger partial charge in [-0.1, -0.05) is 0 Å². The maximum atomic E-state index is 13.1. The number of aromatic nitrogens is 2. The van der Waals surface area contributed by atoms with Gasteiger partial charge in [0.25, 0.3) is 0 Å². The van der Waals surface area contributed by atoms with Gasteiger partial charge in [0.2, 0.25) is 11.8 Å². The fraction of sp³-hybridized carbons (Fsp3) is 0.444. The van der Waals surface area contributed by atoms with Crippen molar-refractivity contribution in [3.63, 3.8) is 0 Å². The molecule has 0 spiro atoms. The van der Waals surface area contributed by atoms with Crippen LogP contribution < -0.4 is 0 Å². The molecular weight excluding hydrogens is 331 g/mol. The van der Waals surface area contributed by atoms with E-state index in [2.05, 4.69) is 10.2 Å². The normalized spacial score (nSPS) is 19.9. The van der Waals surface area contributed by atoms with Crippen molar-refractivity contribution in [3.05, 3.63) is 41.3 Å². The lowest BCUT2D eigenvalue weighted by Crippen LogP contribution is -2.47. The Hall–Kier alpha value is -2.31. The molecule has 0 radical (unpaired) electrons. The van der Waals surface area contributed by atoms with E-state index < -0.39 is 11.8 Å². The lowest BCUT2D eigenvalue weighted by atomic mass is 9.80. The van der Waals surface area contributed by atoms with Gasteiger partial charge in [-0.05, 0) is 30.7 Å². The van der Waals surface area contributed by atoms with Crippen LogP contribution in [-0.4, -0.2) is 40.0 Å². The molecule has 0 atom stereocenters. The molecule has 0 saturated heterocycles. The summed E-state index contributed by atoms with van der Waals surface area (Å²) in [6.07, 6.45) is 0.539. The number of hydrogen-bond donors (Lipinski definition) is 1. The van der Waals surface area contributed by atoms with Crippen LogP contribution in [0.5, 0.6) is 0 Å². The number of carbonyl (C=O) groups is 1. The number of H-pyrrole nitrogens is 1. The third-order valence-electron chi connectivity index (χ3n) is 5.08. The van der Waals surface area contributed by atoms with E-state index in [1.165, 1.54) is 12.1 Å². The largest absolute Gasteiger partial charge is 0.342 e. The molecule has 2 aliphatic rings. The van der Waals surface area contributed by atoms with E-state index >= 15 is 0 Å². The number of rotatable bonds is 2. The van der Waals surface area contributed by atoms with Crippen LogP contribution in [0.25, 0.3) is 11.3 Å². The molecule has 4 nitrogen and oxygen atoms in total. The summed E-state index contributed by atoms with van der Waals surface area (Å²) < 4.78 is 39.2. The number of aromatic amines is 1. The van der Waals surface area contributed by atoms with Crippen LogP contribution in [0.15, 0.2) is 24.3 Å². The molecule has 1 amide bonds. The Morgan fingerprint density at radius 3 is 2.52 bits per heavy atom. The summed E-state index contributed by atoms with van der Waals surface area (Å²) in [4.78, 5) is 14.1. The summed E-state index contributed by atoms with van der Waals surface area (Å²) in [6.45, 7) is 0.987. The second kappa shape index (κ2) is 5.89. The summed E-state index contributed by atoms with van der Waals surface area (Å²) in [5.74, 6) is -3.72. The van der Waals surface area contributed by atoms with Crippen molar-refractivity contribution in [1.82, 2.24) is 15.1 Å². The fourth-order valence-corrected chi connectivity index (χ4v) is 3.64. The lowest BCUT2D eigenvalue weighted by molar-refractivity contribution is -0.159. The summed E-state index contributed by atoms with van der Waals surface area (Å²) in [5, 5.41) is 7.35. The first-order chi connectivity index (χ1) is 11.9. The second-order valence-corrected chi connectivity index (χ2v) is 6.82. The highest BCUT2D eigenvalue weighted by Crippen LogP contribution is 2.43. The molecule has 0 bridgehead atoms. The number of alkyl halides is 2. The van der Waals surface area contributed by atoms with E-state index in [1.54, 1.807) is 17.0 Å². The molecular formula is C18H18F3N3O. The van der Waals surface area contributed by atoms with Gasteiger partial charge in [-0.15, -0.1) is 0 Å². The third kappa shape index (κ3) is 3.03. The molecule has 1 aliphatic carbocycles. The number of benzene rings is 1. The predicted octanol–water partition coefficient (Wildman–Crippen LogP) is 3.19. The van der Waals surface area contributed by atoms with Crippen LogP contribution in [0.2, 0.25) is 0 Å². The number of fused-ring (bicyclic) bond motifs is 1. The molecule has 1 saturated carbocycles. The lowest BCUT2D eigenvalue weighted by Gasteiger charge is -2.37. The topological polar surface area (TPSA) is 49.0 Å². The van der Waals surface area contributed by atoms with Gasteiger partial charge in [0.05, 0.1) is 5.69 Å². The molecule has 1 aromatic carbocycles. The van der Waals surface area contributed by atoms with Crippen molar-refractivity contribution in [1.29, 1.82) is 0 Å². The van der Waals surface area contributed by atoms with Gasteiger partial charge < -0.3 is 4.90 Å². The summed E-state index contributed by atoms with van der Waals surface area (Å²) >= 11 is 0. The minimum atomic E-state index is -2.68. The van der Waals surface area contributed by atoms with Crippen molar-refractivity contribution in [3.8, 4) is 11.3 Å². The Bertz CT molecular complexity index is 792. The van der Waals surface area contributed by atoms with Crippen molar-refractivity contribution >= 4 is 5.91 Å². The van der Waals surface area contributed by atoms with E-state index in [4.69, 9.17) is 0 Å². The van der Waals surface area contributed by atoms with Crippen LogP contribution in [-0.2, 0) is 17.6 Å². The van der Waals surface area contributed by atoms with Crippen LogP contribution in [0.1, 0.15) is 24.1 Å². The van der Waals surface area contributed by atoms with Crippen LogP contribution in [0, 0.1) is 11.7 Å². The standard InChI is InChI=1S/C18H18F3N3O/c19-13-3-1-11(2-4-13)16-14-5-7-24(8-6-15(14)22-23-16)17(25)12-9-18(20,21)10-12/h1-4,12H,5-10H2,(H,22,23). The Kier molecular flexibility index (Phi) is 3.81. The molecule has 132 valence electrons. The monoisotopic (exact) mass is 349 g/mol. The minimum absolute atomic E-state index is 0.174. The fourth-order valence-electron chi connectivity index (χ4n) is 3.64. The van der Waals surface area contributed by atoms with Crippen molar-refractivity contribution < 1.29 is 18.0 Å². The van der Waals surface area contributed by atoms with Gasteiger partial charge in [-0.2, -0.15) is 5.10 Å². The molecule has 1 N–H and O–H groups in total. The van der Waals surface area contributed by atoms with E-state index in [0.29, 0.717) is 25.9 Å². The number of hydrogen-bond acceptors (Lipinski definition) is 2. The van der Waals surface area contributed by atoms with E-state index in [-0.39, 0.29) is 24.6 Å². The minimum Gasteiger partial charge on any atom is -0.342 e. The first-order valence-corrected chi connectivity index (χ1v) is 8.42. The molecule has 4 rings (SSSR count). The Labute approximate surface area is 143 Å².